The molecule has 65 heavy (non-hydrogen) atoms. The molecule has 0 radical (unpaired) electrons. The lowest BCUT2D eigenvalue weighted by Gasteiger charge is -2.42. The third-order valence-electron chi connectivity index (χ3n) is 10.5. The average molecular weight is 906 g/mol. The van der Waals surface area contributed by atoms with E-state index in [4.69, 9.17) is 34.8 Å². The van der Waals surface area contributed by atoms with Gasteiger partial charge in [-0.3, -0.25) is 20.0 Å². The molecule has 0 atom stereocenters. The average Bonchev–Trinajstić information content (AvgIpc) is 3.29. The first-order valence-electron chi connectivity index (χ1n) is 22.5. The van der Waals surface area contributed by atoms with Crippen LogP contribution >= 0.6 is 0 Å². The number of pyridine rings is 1. The monoisotopic (exact) mass is 906 g/mol. The summed E-state index contributed by atoms with van der Waals surface area (Å²) in [6, 6.07) is 14.7. The lowest BCUT2D eigenvalue weighted by molar-refractivity contribution is -0.140. The highest BCUT2D eigenvalue weighted by Crippen LogP contribution is 2.30. The molecule has 17 heteroatoms. The van der Waals surface area contributed by atoms with Gasteiger partial charge in [-0.2, -0.15) is 0 Å². The molecular weight excluding hydrogens is 838 g/mol. The Bertz CT molecular complexity index is 1970. The number of benzene rings is 2. The molecule has 2 heterocycles. The molecule has 0 bridgehead atoms. The van der Waals surface area contributed by atoms with E-state index in [1.165, 1.54) is 13.2 Å². The number of carbonyl (C=O) groups is 3. The molecule has 0 unspecified atom stereocenters. The topological polar surface area (TPSA) is 209 Å². The number of amidine groups is 2. The molecule has 2 amide bonds. The molecule has 356 valence electrons. The lowest BCUT2D eigenvalue weighted by Crippen LogP contribution is -2.58. The van der Waals surface area contributed by atoms with Gasteiger partial charge in [-0.05, 0) is 114 Å². The SMILES string of the molecule is COC(=O)CCCCCOCCOCCOCCCCCCOc1ccc(F)c(CNC(=O)c2cccc(NC3(C(N)=NC(=N)c4ccncc4)CCN(C(=O)OC(C)(C)C)CC3)c2)c1. The van der Waals surface area contributed by atoms with Crippen molar-refractivity contribution in [2.24, 2.45) is 10.7 Å². The first kappa shape index (κ1) is 52.0. The van der Waals surface area contributed by atoms with Crippen molar-refractivity contribution in [1.29, 1.82) is 5.41 Å². The summed E-state index contributed by atoms with van der Waals surface area (Å²) < 4.78 is 47.8. The maximum Gasteiger partial charge on any atom is 0.410 e. The van der Waals surface area contributed by atoms with Crippen LogP contribution in [-0.4, -0.2) is 117 Å². The molecular formula is C48H68FN7O9. The summed E-state index contributed by atoms with van der Waals surface area (Å²) in [5.74, 6) is -0.401. The predicted molar refractivity (Wildman–Crippen MR) is 247 cm³/mol. The van der Waals surface area contributed by atoms with Gasteiger partial charge in [0.05, 0.1) is 45.7 Å². The lowest BCUT2D eigenvalue weighted by atomic mass is 9.85. The Balaban J connectivity index is 1.18. The van der Waals surface area contributed by atoms with E-state index in [0.29, 0.717) is 107 Å². The minimum Gasteiger partial charge on any atom is -0.494 e. The fraction of sp³-hybridized carbons (Fsp3) is 0.542. The first-order valence-corrected chi connectivity index (χ1v) is 22.5. The summed E-state index contributed by atoms with van der Waals surface area (Å²) in [4.78, 5) is 47.5. The molecule has 1 saturated heterocycles. The summed E-state index contributed by atoms with van der Waals surface area (Å²) in [6.07, 6.45) is 10.2. The van der Waals surface area contributed by atoms with Crippen molar-refractivity contribution < 1.29 is 47.2 Å². The molecule has 5 N–H and O–H groups in total. The van der Waals surface area contributed by atoms with E-state index in [2.05, 4.69) is 25.3 Å². The zero-order chi connectivity index (χ0) is 46.9. The third-order valence-corrected chi connectivity index (χ3v) is 10.5. The number of nitrogens with one attached hydrogen (secondary N) is 3. The highest BCUT2D eigenvalue weighted by atomic mass is 19.1. The van der Waals surface area contributed by atoms with Gasteiger partial charge >= 0.3 is 12.1 Å². The molecule has 1 aliphatic heterocycles. The molecule has 2 aromatic carbocycles. The number of amides is 2. The Morgan fingerprint density at radius 3 is 2.11 bits per heavy atom. The number of nitrogens with two attached hydrogens (primary N) is 1. The standard InChI is InChI=1S/C48H68FN7O9/c1-47(2,3)65-46(59)56-24-20-48(21-25-56,45(51)54-43(50)36-18-22-52-23-19-36)55-39-14-12-13-37(33-39)44(58)53-35-38-34-40(16-17-41(38)49)64-28-11-6-5-9-26-61-29-31-63-32-30-62-27-10-7-8-15-42(57)60-4/h12-14,16-19,22-23,33-34,55H,5-11,15,20-21,24-32,35H2,1-4H3,(H,53,58)(H3,50,51,54). The Morgan fingerprint density at radius 2 is 1.46 bits per heavy atom. The van der Waals surface area contributed by atoms with Crippen molar-refractivity contribution in [2.75, 3.05) is 71.8 Å². The fourth-order valence-corrected chi connectivity index (χ4v) is 6.86. The summed E-state index contributed by atoms with van der Waals surface area (Å²) in [5, 5.41) is 14.9. The summed E-state index contributed by atoms with van der Waals surface area (Å²) in [6.45, 7) is 9.87. The van der Waals surface area contributed by atoms with Gasteiger partial charge in [0.2, 0.25) is 0 Å². The normalized spacial score (nSPS) is 13.8. The van der Waals surface area contributed by atoms with Crippen LogP contribution < -0.4 is 21.1 Å². The van der Waals surface area contributed by atoms with Gasteiger partial charge in [-0.25, -0.2) is 14.2 Å². The van der Waals surface area contributed by atoms with Crippen molar-refractivity contribution in [1.82, 2.24) is 15.2 Å². The quantitative estimate of drug-likeness (QED) is 0.0255. The van der Waals surface area contributed by atoms with Crippen molar-refractivity contribution >= 4 is 35.3 Å². The van der Waals surface area contributed by atoms with Crippen LogP contribution in [0.15, 0.2) is 72.0 Å². The fourth-order valence-electron chi connectivity index (χ4n) is 6.86. The zero-order valence-electron chi connectivity index (χ0n) is 38.5. The number of aromatic nitrogens is 1. The second kappa shape index (κ2) is 27.6. The Labute approximate surface area is 382 Å². The number of aliphatic imine (C=N–C) groups is 1. The highest BCUT2D eigenvalue weighted by molar-refractivity contribution is 6.07. The van der Waals surface area contributed by atoms with Crippen LogP contribution in [-0.2, 0) is 35.0 Å². The number of piperidine rings is 1. The molecule has 1 aliphatic rings. The van der Waals surface area contributed by atoms with Gasteiger partial charge in [-0.1, -0.05) is 18.9 Å². The Kier molecular flexibility index (Phi) is 22.1. The van der Waals surface area contributed by atoms with E-state index in [0.717, 1.165) is 44.9 Å². The first-order chi connectivity index (χ1) is 31.3. The number of rotatable bonds is 27. The zero-order valence-corrected chi connectivity index (χ0v) is 38.5. The molecule has 3 aromatic rings. The van der Waals surface area contributed by atoms with E-state index in [1.54, 1.807) is 65.8 Å². The van der Waals surface area contributed by atoms with Gasteiger partial charge in [0, 0.05) is 74.0 Å². The maximum absolute atomic E-state index is 14.9. The minimum atomic E-state index is -0.963. The number of esters is 1. The molecule has 4 rings (SSSR count). The number of hydrogen-bond donors (Lipinski definition) is 4. The van der Waals surface area contributed by atoms with Crippen molar-refractivity contribution in [3.8, 4) is 5.75 Å². The number of ether oxygens (including phenoxy) is 6. The molecule has 1 fully saturated rings. The van der Waals surface area contributed by atoms with Crippen LogP contribution in [0.25, 0.3) is 0 Å². The van der Waals surface area contributed by atoms with E-state index in [-0.39, 0.29) is 24.2 Å². The minimum absolute atomic E-state index is 0.0380. The summed E-state index contributed by atoms with van der Waals surface area (Å²) in [5.41, 5.74) is 6.82. The van der Waals surface area contributed by atoms with Crippen molar-refractivity contribution in [2.45, 2.75) is 103 Å². The molecule has 0 aliphatic carbocycles. The second-order valence-electron chi connectivity index (χ2n) is 16.8. The maximum atomic E-state index is 14.9. The van der Waals surface area contributed by atoms with E-state index < -0.39 is 29.0 Å². The number of nitrogens with zero attached hydrogens (tertiary/aromatic N) is 3. The number of halogens is 1. The molecule has 16 nitrogen and oxygen atoms in total. The van der Waals surface area contributed by atoms with Gasteiger partial charge < -0.3 is 49.7 Å². The Morgan fingerprint density at radius 1 is 0.831 bits per heavy atom. The summed E-state index contributed by atoms with van der Waals surface area (Å²) in [7, 11) is 1.40. The van der Waals surface area contributed by atoms with Crippen LogP contribution in [0.2, 0.25) is 0 Å². The molecule has 0 spiro atoms. The number of carbonyl (C=O) groups excluding carboxylic acids is 3. The Hall–Kier alpha value is -5.65. The number of unbranched alkanes of at least 4 members (excludes halogenated alkanes) is 5. The van der Waals surface area contributed by atoms with Crippen molar-refractivity contribution in [3.63, 3.8) is 0 Å². The third kappa shape index (κ3) is 19.2. The van der Waals surface area contributed by atoms with Crippen LogP contribution in [0.4, 0.5) is 14.9 Å². The van der Waals surface area contributed by atoms with Gasteiger partial charge in [0.25, 0.3) is 5.91 Å². The predicted octanol–water partition coefficient (Wildman–Crippen LogP) is 7.44. The summed E-state index contributed by atoms with van der Waals surface area (Å²) >= 11 is 0. The van der Waals surface area contributed by atoms with Crippen LogP contribution in [0, 0.1) is 11.2 Å². The molecule has 1 aromatic heterocycles. The highest BCUT2D eigenvalue weighted by Gasteiger charge is 2.41. The van der Waals surface area contributed by atoms with Crippen LogP contribution in [0.5, 0.6) is 5.75 Å². The largest absolute Gasteiger partial charge is 0.494 e. The van der Waals surface area contributed by atoms with E-state index in [9.17, 15) is 18.8 Å². The smallest absolute Gasteiger partial charge is 0.410 e. The van der Waals surface area contributed by atoms with Gasteiger partial charge in [0.15, 0.2) is 5.84 Å². The number of likely N-dealkylation sites (tertiary alicyclic amines) is 1. The van der Waals surface area contributed by atoms with Crippen molar-refractivity contribution in [3.05, 3.63) is 89.5 Å². The molecule has 0 saturated carbocycles. The number of anilines is 1. The van der Waals surface area contributed by atoms with E-state index >= 15 is 0 Å². The van der Waals surface area contributed by atoms with Crippen LogP contribution in [0.3, 0.4) is 0 Å². The van der Waals surface area contributed by atoms with Gasteiger partial charge in [0.1, 0.15) is 23.0 Å². The number of hydrogen-bond acceptors (Lipinski definition) is 12. The van der Waals surface area contributed by atoms with Crippen LogP contribution in [0.1, 0.15) is 106 Å². The second-order valence-corrected chi connectivity index (χ2v) is 16.8. The number of methoxy groups -OCH3 is 1. The van der Waals surface area contributed by atoms with Gasteiger partial charge in [-0.15, -0.1) is 0 Å². The van der Waals surface area contributed by atoms with E-state index in [1.807, 2.05) is 20.8 Å².